The van der Waals surface area contributed by atoms with E-state index in [1.54, 1.807) is 0 Å². The molecule has 0 aromatic heterocycles. The van der Waals surface area contributed by atoms with E-state index in [2.05, 4.69) is 26.0 Å². The second-order valence-electron chi connectivity index (χ2n) is 4.36. The lowest BCUT2D eigenvalue weighted by atomic mass is 9.98. The molecule has 0 aromatic rings. The Bertz CT molecular complexity index is 192. The molecule has 2 atom stereocenters. The number of ether oxygens (including phenoxy) is 2. The van der Waals surface area contributed by atoms with Gasteiger partial charge < -0.3 is 9.47 Å². The highest BCUT2D eigenvalue weighted by atomic mass is 127. The topological polar surface area (TPSA) is 21.7 Å². The van der Waals surface area contributed by atoms with E-state index in [0.717, 1.165) is 13.1 Å². The molecular weight excluding hydrogens is 304 g/mol. The number of morpholine rings is 1. The SMILES string of the molecule is [B]C1CN(I)CC(COC2CCCC2)O1. The van der Waals surface area contributed by atoms with Crippen LogP contribution in [0.25, 0.3) is 0 Å². The first-order valence-corrected chi connectivity index (χ1v) is 6.64. The predicted molar refractivity (Wildman–Crippen MR) is 68.2 cm³/mol. The Balaban J connectivity index is 1.69. The zero-order valence-corrected chi connectivity index (χ0v) is 11.1. The monoisotopic (exact) mass is 321 g/mol. The molecule has 0 bridgehead atoms. The molecule has 84 valence electrons. The van der Waals surface area contributed by atoms with Crippen LogP contribution < -0.4 is 0 Å². The lowest BCUT2D eigenvalue weighted by Gasteiger charge is -2.33. The first-order chi connectivity index (χ1) is 7.24. The van der Waals surface area contributed by atoms with Crippen LogP contribution in [0.15, 0.2) is 0 Å². The summed E-state index contributed by atoms with van der Waals surface area (Å²) in [6.07, 6.45) is 5.67. The number of rotatable bonds is 3. The van der Waals surface area contributed by atoms with E-state index in [-0.39, 0.29) is 12.1 Å². The van der Waals surface area contributed by atoms with E-state index in [4.69, 9.17) is 17.3 Å². The van der Waals surface area contributed by atoms with Crippen LogP contribution in [-0.4, -0.2) is 48.9 Å². The number of halogens is 1. The number of hydrogen-bond acceptors (Lipinski definition) is 3. The van der Waals surface area contributed by atoms with Crippen molar-refractivity contribution in [2.24, 2.45) is 0 Å². The molecule has 1 saturated carbocycles. The fourth-order valence-corrected chi connectivity index (χ4v) is 3.04. The third-order valence-electron chi connectivity index (χ3n) is 2.97. The Morgan fingerprint density at radius 3 is 2.73 bits per heavy atom. The van der Waals surface area contributed by atoms with Gasteiger partial charge in [-0.25, -0.2) is 3.11 Å². The predicted octanol–water partition coefficient (Wildman–Crippen LogP) is 1.49. The molecule has 0 spiro atoms. The summed E-state index contributed by atoms with van der Waals surface area (Å²) in [5.74, 6) is 0. The highest BCUT2D eigenvalue weighted by molar-refractivity contribution is 14.1. The molecule has 0 aromatic carbocycles. The molecule has 2 unspecified atom stereocenters. The average molecular weight is 321 g/mol. The normalized spacial score (nSPS) is 34.7. The first kappa shape index (κ1) is 12.1. The minimum absolute atomic E-state index is 0.145. The van der Waals surface area contributed by atoms with Crippen LogP contribution >= 0.6 is 22.9 Å². The summed E-state index contributed by atoms with van der Waals surface area (Å²) in [6, 6.07) is -0.159. The minimum Gasteiger partial charge on any atom is -0.380 e. The molecule has 2 aliphatic rings. The van der Waals surface area contributed by atoms with Gasteiger partial charge in [-0.3, -0.25) is 0 Å². The largest absolute Gasteiger partial charge is 0.380 e. The van der Waals surface area contributed by atoms with Gasteiger partial charge in [-0.2, -0.15) is 0 Å². The number of nitrogens with zero attached hydrogens (tertiary/aromatic N) is 1. The molecule has 1 aliphatic heterocycles. The van der Waals surface area contributed by atoms with E-state index >= 15 is 0 Å². The van der Waals surface area contributed by atoms with E-state index in [0.29, 0.717) is 12.7 Å². The lowest BCUT2D eigenvalue weighted by Crippen LogP contribution is -2.45. The molecule has 1 aliphatic carbocycles. The van der Waals surface area contributed by atoms with E-state index < -0.39 is 0 Å². The van der Waals surface area contributed by atoms with Crippen LogP contribution in [0.1, 0.15) is 25.7 Å². The Kier molecular flexibility index (Phi) is 4.73. The summed E-state index contributed by atoms with van der Waals surface area (Å²) < 4.78 is 13.6. The Morgan fingerprint density at radius 2 is 2.07 bits per heavy atom. The van der Waals surface area contributed by atoms with Crippen molar-refractivity contribution < 1.29 is 9.47 Å². The van der Waals surface area contributed by atoms with E-state index in [1.807, 2.05) is 0 Å². The van der Waals surface area contributed by atoms with Crippen molar-refractivity contribution in [3.63, 3.8) is 0 Å². The maximum Gasteiger partial charge on any atom is 0.110 e. The number of hydrogen-bond donors (Lipinski definition) is 0. The third-order valence-corrected chi connectivity index (χ3v) is 3.75. The van der Waals surface area contributed by atoms with Gasteiger partial charge in [0.2, 0.25) is 0 Å². The second-order valence-corrected chi connectivity index (χ2v) is 5.73. The fourth-order valence-electron chi connectivity index (χ4n) is 2.21. The Morgan fingerprint density at radius 1 is 1.33 bits per heavy atom. The smallest absolute Gasteiger partial charge is 0.110 e. The summed E-state index contributed by atoms with van der Waals surface area (Å²) in [5.41, 5.74) is 0. The van der Waals surface area contributed by atoms with Gasteiger partial charge in [0, 0.05) is 42.0 Å². The van der Waals surface area contributed by atoms with E-state index in [1.165, 1.54) is 25.7 Å². The van der Waals surface area contributed by atoms with Crippen molar-refractivity contribution in [2.45, 2.75) is 43.9 Å². The van der Waals surface area contributed by atoms with Crippen molar-refractivity contribution in [1.29, 1.82) is 0 Å². The van der Waals surface area contributed by atoms with Gasteiger partial charge in [0.15, 0.2) is 0 Å². The van der Waals surface area contributed by atoms with Gasteiger partial charge in [0.1, 0.15) is 7.85 Å². The average Bonchev–Trinajstić information content (AvgIpc) is 2.65. The maximum atomic E-state index is 5.83. The molecule has 1 saturated heterocycles. The molecule has 0 N–H and O–H groups in total. The standard InChI is InChI=1S/C10H17BINO2/c11-10-6-13(12)5-9(15-10)7-14-8-3-1-2-4-8/h8-10H,1-7H2. The van der Waals surface area contributed by atoms with Gasteiger partial charge in [-0.05, 0) is 12.8 Å². The first-order valence-electron chi connectivity index (χ1n) is 5.67. The fraction of sp³-hybridized carbons (Fsp3) is 1.00. The second kappa shape index (κ2) is 5.84. The highest BCUT2D eigenvalue weighted by Crippen LogP contribution is 2.22. The summed E-state index contributed by atoms with van der Waals surface area (Å²) in [5, 5.41) is 0. The Labute approximate surface area is 107 Å². The molecule has 1 heterocycles. The van der Waals surface area contributed by atoms with Crippen molar-refractivity contribution in [3.8, 4) is 0 Å². The maximum absolute atomic E-state index is 5.83. The van der Waals surface area contributed by atoms with Crippen LogP contribution in [0.2, 0.25) is 0 Å². The lowest BCUT2D eigenvalue weighted by molar-refractivity contribution is -0.0778. The minimum atomic E-state index is -0.159. The molecule has 15 heavy (non-hydrogen) atoms. The third kappa shape index (κ3) is 3.87. The van der Waals surface area contributed by atoms with Gasteiger partial charge in [-0.1, -0.05) is 12.8 Å². The van der Waals surface area contributed by atoms with Crippen molar-refractivity contribution in [3.05, 3.63) is 0 Å². The summed E-state index contributed by atoms with van der Waals surface area (Å²) in [6.45, 7) is 2.42. The van der Waals surface area contributed by atoms with Gasteiger partial charge in [0.05, 0.1) is 18.8 Å². The van der Waals surface area contributed by atoms with Crippen LogP contribution in [0.4, 0.5) is 0 Å². The van der Waals surface area contributed by atoms with Crippen LogP contribution in [0.5, 0.6) is 0 Å². The molecule has 0 amide bonds. The molecule has 2 rings (SSSR count). The van der Waals surface area contributed by atoms with Crippen molar-refractivity contribution >= 4 is 30.7 Å². The summed E-state index contributed by atoms with van der Waals surface area (Å²) >= 11 is 2.29. The van der Waals surface area contributed by atoms with Gasteiger partial charge in [-0.15, -0.1) is 0 Å². The van der Waals surface area contributed by atoms with Crippen molar-refractivity contribution in [2.75, 3.05) is 19.7 Å². The quantitative estimate of drug-likeness (QED) is 0.447. The zero-order chi connectivity index (χ0) is 10.7. The van der Waals surface area contributed by atoms with Crippen LogP contribution in [0, 0.1) is 0 Å². The van der Waals surface area contributed by atoms with Crippen LogP contribution in [-0.2, 0) is 9.47 Å². The molecule has 5 heteroatoms. The van der Waals surface area contributed by atoms with Gasteiger partial charge >= 0.3 is 0 Å². The molecule has 2 fully saturated rings. The Hall–Kier alpha value is 0.675. The molecule has 3 nitrogen and oxygen atoms in total. The van der Waals surface area contributed by atoms with Crippen LogP contribution in [0.3, 0.4) is 0 Å². The summed E-state index contributed by atoms with van der Waals surface area (Å²) in [7, 11) is 5.78. The highest BCUT2D eigenvalue weighted by Gasteiger charge is 2.25. The van der Waals surface area contributed by atoms with E-state index in [9.17, 15) is 0 Å². The molecular formula is C10H17BINO2. The summed E-state index contributed by atoms with van der Waals surface area (Å²) in [4.78, 5) is 0. The molecule has 2 radical (unpaired) electrons. The van der Waals surface area contributed by atoms with Gasteiger partial charge in [0.25, 0.3) is 0 Å². The zero-order valence-electron chi connectivity index (χ0n) is 8.90. The van der Waals surface area contributed by atoms with Crippen molar-refractivity contribution in [1.82, 2.24) is 3.11 Å².